The number of anilines is 1. The maximum atomic E-state index is 12.1. The minimum absolute atomic E-state index is 0.0385. The summed E-state index contributed by atoms with van der Waals surface area (Å²) in [5.74, 6) is -0.258. The summed E-state index contributed by atoms with van der Waals surface area (Å²) in [5, 5.41) is 7.37. The van der Waals surface area contributed by atoms with Crippen molar-refractivity contribution in [1.29, 1.82) is 0 Å². The third-order valence-electron chi connectivity index (χ3n) is 3.46. The van der Waals surface area contributed by atoms with Crippen LogP contribution in [0, 0.1) is 0 Å². The van der Waals surface area contributed by atoms with E-state index in [1.165, 1.54) is 6.33 Å². The SMILES string of the molecule is O=C(COCC1CCCO1)Nc1cc(Cl)ccc1-n1cncn1. The molecule has 7 nitrogen and oxygen atoms in total. The summed E-state index contributed by atoms with van der Waals surface area (Å²) in [6, 6.07) is 5.15. The summed E-state index contributed by atoms with van der Waals surface area (Å²) in [7, 11) is 0. The van der Waals surface area contributed by atoms with Crippen LogP contribution in [0.25, 0.3) is 5.69 Å². The highest BCUT2D eigenvalue weighted by molar-refractivity contribution is 6.31. The van der Waals surface area contributed by atoms with Gasteiger partial charge in [0.15, 0.2) is 0 Å². The van der Waals surface area contributed by atoms with Crippen molar-refractivity contribution in [1.82, 2.24) is 14.8 Å². The van der Waals surface area contributed by atoms with E-state index in [-0.39, 0.29) is 18.6 Å². The van der Waals surface area contributed by atoms with Crippen LogP contribution < -0.4 is 5.32 Å². The molecule has 1 aromatic carbocycles. The number of rotatable bonds is 6. The lowest BCUT2D eigenvalue weighted by atomic mass is 10.2. The van der Waals surface area contributed by atoms with E-state index in [1.54, 1.807) is 29.2 Å². The lowest BCUT2D eigenvalue weighted by Gasteiger charge is -2.13. The summed E-state index contributed by atoms with van der Waals surface area (Å²) in [5.41, 5.74) is 1.23. The van der Waals surface area contributed by atoms with Crippen molar-refractivity contribution in [3.05, 3.63) is 35.9 Å². The lowest BCUT2D eigenvalue weighted by Crippen LogP contribution is -2.23. The highest BCUT2D eigenvalue weighted by Gasteiger charge is 2.16. The van der Waals surface area contributed by atoms with Gasteiger partial charge in [-0.25, -0.2) is 9.67 Å². The van der Waals surface area contributed by atoms with Crippen LogP contribution in [0.4, 0.5) is 5.69 Å². The Balaban J connectivity index is 1.60. The third kappa shape index (κ3) is 4.28. The van der Waals surface area contributed by atoms with Gasteiger partial charge in [0.25, 0.3) is 0 Å². The van der Waals surface area contributed by atoms with E-state index < -0.39 is 0 Å². The topological polar surface area (TPSA) is 78.3 Å². The number of hydrogen-bond donors (Lipinski definition) is 1. The van der Waals surface area contributed by atoms with Gasteiger partial charge in [-0.15, -0.1) is 0 Å². The van der Waals surface area contributed by atoms with Gasteiger partial charge in [0.1, 0.15) is 19.3 Å². The molecular weight excluding hydrogens is 320 g/mol. The molecule has 0 saturated carbocycles. The predicted molar refractivity (Wildman–Crippen MR) is 84.8 cm³/mol. The highest BCUT2D eigenvalue weighted by atomic mass is 35.5. The molecule has 2 aromatic rings. The Morgan fingerprint density at radius 3 is 3.17 bits per heavy atom. The number of amides is 1. The molecule has 3 rings (SSSR count). The third-order valence-corrected chi connectivity index (χ3v) is 3.69. The first-order valence-electron chi connectivity index (χ1n) is 7.36. The number of aromatic nitrogens is 3. The van der Waals surface area contributed by atoms with Crippen LogP contribution in [0.2, 0.25) is 5.02 Å². The van der Waals surface area contributed by atoms with Crippen molar-refractivity contribution >= 4 is 23.2 Å². The maximum absolute atomic E-state index is 12.1. The zero-order valence-electron chi connectivity index (χ0n) is 12.4. The second kappa shape index (κ2) is 7.54. The van der Waals surface area contributed by atoms with Gasteiger partial charge in [-0.2, -0.15) is 5.10 Å². The van der Waals surface area contributed by atoms with Crippen molar-refractivity contribution < 1.29 is 14.3 Å². The largest absolute Gasteiger partial charge is 0.376 e. The monoisotopic (exact) mass is 336 g/mol. The van der Waals surface area contributed by atoms with Gasteiger partial charge in [0.2, 0.25) is 5.91 Å². The molecule has 8 heteroatoms. The molecule has 1 unspecified atom stereocenters. The van der Waals surface area contributed by atoms with Crippen LogP contribution in [0.15, 0.2) is 30.9 Å². The Hall–Kier alpha value is -1.96. The first-order valence-corrected chi connectivity index (χ1v) is 7.74. The molecule has 1 N–H and O–H groups in total. The van der Waals surface area contributed by atoms with Gasteiger partial charge in [0, 0.05) is 11.6 Å². The van der Waals surface area contributed by atoms with E-state index >= 15 is 0 Å². The summed E-state index contributed by atoms with van der Waals surface area (Å²) in [6.45, 7) is 1.16. The van der Waals surface area contributed by atoms with Crippen molar-refractivity contribution in [3.63, 3.8) is 0 Å². The molecular formula is C15H17ClN4O3. The van der Waals surface area contributed by atoms with Crippen LogP contribution in [0.1, 0.15) is 12.8 Å². The number of nitrogens with one attached hydrogen (secondary N) is 1. The van der Waals surface area contributed by atoms with Gasteiger partial charge >= 0.3 is 0 Å². The Bertz CT molecular complexity index is 657. The van der Waals surface area contributed by atoms with Gasteiger partial charge < -0.3 is 14.8 Å². The van der Waals surface area contributed by atoms with Gasteiger partial charge in [-0.1, -0.05) is 11.6 Å². The minimum Gasteiger partial charge on any atom is -0.376 e. The number of nitrogens with zero attached hydrogens (tertiary/aromatic N) is 3. The zero-order chi connectivity index (χ0) is 16.1. The molecule has 1 amide bonds. The van der Waals surface area contributed by atoms with E-state index in [0.29, 0.717) is 23.0 Å². The average molecular weight is 337 g/mol. The summed E-state index contributed by atoms with van der Waals surface area (Å²) in [4.78, 5) is 16.0. The maximum Gasteiger partial charge on any atom is 0.250 e. The molecule has 1 aromatic heterocycles. The molecule has 122 valence electrons. The van der Waals surface area contributed by atoms with E-state index in [0.717, 1.165) is 19.4 Å². The van der Waals surface area contributed by atoms with Crippen LogP contribution in [-0.4, -0.2) is 46.6 Å². The number of hydrogen-bond acceptors (Lipinski definition) is 5. The Labute approximate surface area is 138 Å². The first-order chi connectivity index (χ1) is 11.2. The van der Waals surface area contributed by atoms with Crippen molar-refractivity contribution in [2.75, 3.05) is 25.1 Å². The van der Waals surface area contributed by atoms with Crippen LogP contribution in [-0.2, 0) is 14.3 Å². The molecule has 0 aliphatic carbocycles. The van der Waals surface area contributed by atoms with Crippen LogP contribution in [0.3, 0.4) is 0 Å². The van der Waals surface area contributed by atoms with Gasteiger partial charge in [-0.05, 0) is 31.0 Å². The Morgan fingerprint density at radius 1 is 1.52 bits per heavy atom. The first kappa shape index (κ1) is 15.9. The number of halogens is 1. The molecule has 0 bridgehead atoms. The number of benzene rings is 1. The van der Waals surface area contributed by atoms with Crippen molar-refractivity contribution in [2.24, 2.45) is 0 Å². The second-order valence-electron chi connectivity index (χ2n) is 5.20. The normalized spacial score (nSPS) is 17.3. The number of ether oxygens (including phenoxy) is 2. The molecule has 1 fully saturated rings. The molecule has 1 atom stereocenters. The Kier molecular flexibility index (Phi) is 5.22. The molecule has 23 heavy (non-hydrogen) atoms. The standard InChI is InChI=1S/C15H17ClN4O3/c16-11-3-4-14(20-10-17-9-18-20)13(6-11)19-15(21)8-22-7-12-2-1-5-23-12/h3-4,6,9-10,12H,1-2,5,7-8H2,(H,19,21). The van der Waals surface area contributed by atoms with E-state index in [2.05, 4.69) is 15.4 Å². The van der Waals surface area contributed by atoms with E-state index in [4.69, 9.17) is 21.1 Å². The summed E-state index contributed by atoms with van der Waals surface area (Å²) >= 11 is 6.01. The fourth-order valence-electron chi connectivity index (χ4n) is 2.39. The quantitative estimate of drug-likeness (QED) is 0.873. The average Bonchev–Trinajstić information content (AvgIpc) is 3.20. The van der Waals surface area contributed by atoms with E-state index in [1.807, 2.05) is 0 Å². The predicted octanol–water partition coefficient (Wildman–Crippen LogP) is 2.05. The fraction of sp³-hybridized carbons (Fsp3) is 0.400. The number of carbonyl (C=O) groups is 1. The minimum atomic E-state index is -0.258. The van der Waals surface area contributed by atoms with Gasteiger partial charge in [0.05, 0.1) is 24.1 Å². The number of carbonyl (C=O) groups excluding carboxylic acids is 1. The highest BCUT2D eigenvalue weighted by Crippen LogP contribution is 2.23. The molecule has 2 heterocycles. The fourth-order valence-corrected chi connectivity index (χ4v) is 2.56. The van der Waals surface area contributed by atoms with Crippen molar-refractivity contribution in [3.8, 4) is 5.69 Å². The lowest BCUT2D eigenvalue weighted by molar-refractivity contribution is -0.121. The second-order valence-corrected chi connectivity index (χ2v) is 5.64. The summed E-state index contributed by atoms with van der Waals surface area (Å²) < 4.78 is 12.4. The smallest absolute Gasteiger partial charge is 0.250 e. The van der Waals surface area contributed by atoms with Crippen LogP contribution >= 0.6 is 11.6 Å². The molecule has 1 aliphatic heterocycles. The van der Waals surface area contributed by atoms with Gasteiger partial charge in [-0.3, -0.25) is 4.79 Å². The molecule has 0 spiro atoms. The van der Waals surface area contributed by atoms with Crippen LogP contribution in [0.5, 0.6) is 0 Å². The molecule has 1 saturated heterocycles. The summed E-state index contributed by atoms with van der Waals surface area (Å²) in [6.07, 6.45) is 5.09. The molecule has 1 aliphatic rings. The zero-order valence-corrected chi connectivity index (χ0v) is 13.2. The molecule has 0 radical (unpaired) electrons. The van der Waals surface area contributed by atoms with E-state index in [9.17, 15) is 4.79 Å². The van der Waals surface area contributed by atoms with Crippen molar-refractivity contribution in [2.45, 2.75) is 18.9 Å². The Morgan fingerprint density at radius 2 is 2.43 bits per heavy atom.